The highest BCUT2D eigenvalue weighted by Crippen LogP contribution is 2.37. The molecule has 0 saturated heterocycles. The first-order valence-electron chi connectivity index (χ1n) is 4.52. The second-order valence-corrected chi connectivity index (χ2v) is 2.58. The maximum atomic E-state index is 9.32. The minimum atomic E-state index is 0.284. The number of phenols is 1. The predicted octanol–water partition coefficient (Wildman–Crippen LogP) is 1.94. The van der Waals surface area contributed by atoms with Gasteiger partial charge in [0, 0.05) is 12.0 Å². The zero-order valence-corrected chi connectivity index (χ0v) is 8.00. The molecular weight excluding hydrogens is 166 g/mol. The zero-order chi connectivity index (χ0) is 9.84. The summed E-state index contributed by atoms with van der Waals surface area (Å²) in [5, 5.41) is 9.32. The van der Waals surface area contributed by atoms with Crippen molar-refractivity contribution >= 4 is 5.69 Å². The first kappa shape index (κ1) is 9.71. The summed E-state index contributed by atoms with van der Waals surface area (Å²) in [7, 11) is 0. The van der Waals surface area contributed by atoms with Crippen LogP contribution in [0.1, 0.15) is 19.4 Å². The minimum Gasteiger partial charge on any atom is -0.508 e. The molecule has 0 aliphatic carbocycles. The quantitative estimate of drug-likeness (QED) is 0.475. The number of nitrogens with two attached hydrogens (primary N) is 1. The number of ether oxygens (including phenoxy) is 1. The van der Waals surface area contributed by atoms with Crippen LogP contribution in [0.2, 0.25) is 0 Å². The van der Waals surface area contributed by atoms with Crippen molar-refractivity contribution in [3.05, 3.63) is 17.7 Å². The topological polar surface area (TPSA) is 55.5 Å². The number of aromatic hydroxyl groups is 1. The molecule has 0 saturated carbocycles. The molecule has 0 unspecified atom stereocenters. The molecule has 0 aromatic heterocycles. The van der Waals surface area contributed by atoms with E-state index in [4.69, 9.17) is 10.5 Å². The summed E-state index contributed by atoms with van der Waals surface area (Å²) in [5.74, 6) is 0.941. The van der Waals surface area contributed by atoms with Crippen molar-refractivity contribution in [2.24, 2.45) is 0 Å². The van der Waals surface area contributed by atoms with Gasteiger partial charge in [0.25, 0.3) is 0 Å². The average Bonchev–Trinajstić information content (AvgIpc) is 2.64. The van der Waals surface area contributed by atoms with Gasteiger partial charge in [0.1, 0.15) is 11.5 Å². The van der Waals surface area contributed by atoms with Gasteiger partial charge in [0.05, 0.1) is 12.3 Å². The molecule has 3 N–H and O–H groups in total. The lowest BCUT2D eigenvalue weighted by molar-refractivity contribution is 0.358. The molecule has 0 amide bonds. The Balaban J connectivity index is 0.000000396. The number of nitrogen functional groups attached to an aromatic ring is 1. The summed E-state index contributed by atoms with van der Waals surface area (Å²) < 4.78 is 5.23. The van der Waals surface area contributed by atoms with E-state index in [0.717, 1.165) is 12.0 Å². The van der Waals surface area contributed by atoms with E-state index in [0.29, 0.717) is 18.0 Å². The largest absolute Gasteiger partial charge is 0.508 e. The molecule has 0 atom stereocenters. The van der Waals surface area contributed by atoms with Crippen LogP contribution >= 0.6 is 0 Å². The molecule has 1 aromatic rings. The molecule has 2 rings (SSSR count). The zero-order valence-electron chi connectivity index (χ0n) is 8.00. The Labute approximate surface area is 78.1 Å². The third kappa shape index (κ3) is 1.69. The van der Waals surface area contributed by atoms with Gasteiger partial charge in [0.15, 0.2) is 0 Å². The molecule has 1 heterocycles. The number of hydrogen-bond donors (Lipinski definition) is 2. The van der Waals surface area contributed by atoms with Gasteiger partial charge >= 0.3 is 0 Å². The Hall–Kier alpha value is -1.38. The van der Waals surface area contributed by atoms with Crippen LogP contribution in [0.3, 0.4) is 0 Å². The number of anilines is 1. The van der Waals surface area contributed by atoms with Crippen LogP contribution in [-0.2, 0) is 6.42 Å². The molecule has 3 nitrogen and oxygen atoms in total. The third-order valence-electron chi connectivity index (χ3n) is 1.86. The first-order valence-corrected chi connectivity index (χ1v) is 4.52. The second-order valence-electron chi connectivity index (χ2n) is 2.58. The van der Waals surface area contributed by atoms with E-state index < -0.39 is 0 Å². The van der Waals surface area contributed by atoms with Gasteiger partial charge in [-0.1, -0.05) is 13.8 Å². The maximum Gasteiger partial charge on any atom is 0.149 e. The van der Waals surface area contributed by atoms with Crippen molar-refractivity contribution in [3.63, 3.8) is 0 Å². The fourth-order valence-electron chi connectivity index (χ4n) is 1.30. The molecule has 1 aliphatic heterocycles. The Bertz CT molecular complexity index is 268. The van der Waals surface area contributed by atoms with E-state index in [-0.39, 0.29) is 5.75 Å². The van der Waals surface area contributed by atoms with Gasteiger partial charge in [-0.25, -0.2) is 0 Å². The van der Waals surface area contributed by atoms with Crippen LogP contribution in [0.25, 0.3) is 0 Å². The van der Waals surface area contributed by atoms with Crippen LogP contribution in [0, 0.1) is 0 Å². The van der Waals surface area contributed by atoms with Gasteiger partial charge < -0.3 is 15.6 Å². The molecule has 72 valence electrons. The molecular formula is C10H15NO2. The molecule has 0 fully saturated rings. The summed E-state index contributed by atoms with van der Waals surface area (Å²) in [6.45, 7) is 4.62. The van der Waals surface area contributed by atoms with Gasteiger partial charge in [-0.3, -0.25) is 0 Å². The molecule has 0 radical (unpaired) electrons. The SMILES string of the molecule is CC.Nc1ccc(O)c2c1OCC2. The van der Waals surface area contributed by atoms with Gasteiger partial charge in [-0.2, -0.15) is 0 Å². The van der Waals surface area contributed by atoms with Crippen LogP contribution in [0.15, 0.2) is 12.1 Å². The second kappa shape index (κ2) is 4.03. The average molecular weight is 181 g/mol. The van der Waals surface area contributed by atoms with Crippen LogP contribution < -0.4 is 10.5 Å². The molecule has 1 aliphatic rings. The van der Waals surface area contributed by atoms with E-state index >= 15 is 0 Å². The van der Waals surface area contributed by atoms with Crippen molar-refractivity contribution in [1.82, 2.24) is 0 Å². The molecule has 0 bridgehead atoms. The number of rotatable bonds is 0. The van der Waals surface area contributed by atoms with E-state index in [1.807, 2.05) is 13.8 Å². The van der Waals surface area contributed by atoms with Crippen molar-refractivity contribution < 1.29 is 9.84 Å². The first-order chi connectivity index (χ1) is 6.29. The Morgan fingerprint density at radius 3 is 2.69 bits per heavy atom. The summed E-state index contributed by atoms with van der Waals surface area (Å²) in [4.78, 5) is 0. The summed E-state index contributed by atoms with van der Waals surface area (Å²) in [5.41, 5.74) is 7.05. The lowest BCUT2D eigenvalue weighted by Gasteiger charge is -2.03. The minimum absolute atomic E-state index is 0.284. The predicted molar refractivity (Wildman–Crippen MR) is 53.1 cm³/mol. The summed E-state index contributed by atoms with van der Waals surface area (Å²) >= 11 is 0. The highest BCUT2D eigenvalue weighted by Gasteiger charge is 2.18. The Kier molecular flexibility index (Phi) is 3.01. The number of phenolic OH excluding ortho intramolecular Hbond substituents is 1. The van der Waals surface area contributed by atoms with E-state index in [2.05, 4.69) is 0 Å². The fourth-order valence-corrected chi connectivity index (χ4v) is 1.30. The normalized spacial score (nSPS) is 12.5. The maximum absolute atomic E-state index is 9.32. The molecule has 13 heavy (non-hydrogen) atoms. The highest BCUT2D eigenvalue weighted by molar-refractivity contribution is 5.62. The van der Waals surface area contributed by atoms with Crippen molar-refractivity contribution in [1.29, 1.82) is 0 Å². The highest BCUT2D eigenvalue weighted by atomic mass is 16.5. The van der Waals surface area contributed by atoms with Crippen LogP contribution in [-0.4, -0.2) is 11.7 Å². The number of fused-ring (bicyclic) bond motifs is 1. The fraction of sp³-hybridized carbons (Fsp3) is 0.400. The van der Waals surface area contributed by atoms with Crippen molar-refractivity contribution in [3.8, 4) is 11.5 Å². The van der Waals surface area contributed by atoms with E-state index in [9.17, 15) is 5.11 Å². The van der Waals surface area contributed by atoms with Crippen molar-refractivity contribution in [2.45, 2.75) is 20.3 Å². The molecule has 0 spiro atoms. The van der Waals surface area contributed by atoms with Gasteiger partial charge in [-0.15, -0.1) is 0 Å². The van der Waals surface area contributed by atoms with Crippen molar-refractivity contribution in [2.75, 3.05) is 12.3 Å². The lowest BCUT2D eigenvalue weighted by Crippen LogP contribution is -1.91. The Morgan fingerprint density at radius 1 is 1.38 bits per heavy atom. The monoisotopic (exact) mass is 181 g/mol. The lowest BCUT2D eigenvalue weighted by atomic mass is 10.1. The third-order valence-corrected chi connectivity index (χ3v) is 1.86. The van der Waals surface area contributed by atoms with Gasteiger partial charge in [-0.05, 0) is 12.1 Å². The molecule has 3 heteroatoms. The smallest absolute Gasteiger partial charge is 0.149 e. The standard InChI is InChI=1S/C8H9NO2.C2H6/c9-6-1-2-7(10)5-3-4-11-8(5)6;1-2/h1-2,10H,3-4,9H2;1-2H3. The van der Waals surface area contributed by atoms with Crippen LogP contribution in [0.4, 0.5) is 5.69 Å². The number of benzene rings is 1. The van der Waals surface area contributed by atoms with E-state index in [1.54, 1.807) is 12.1 Å². The van der Waals surface area contributed by atoms with Crippen LogP contribution in [0.5, 0.6) is 11.5 Å². The molecule has 1 aromatic carbocycles. The van der Waals surface area contributed by atoms with Gasteiger partial charge in [0.2, 0.25) is 0 Å². The van der Waals surface area contributed by atoms with E-state index in [1.165, 1.54) is 0 Å². The number of hydrogen-bond acceptors (Lipinski definition) is 3. The Morgan fingerprint density at radius 2 is 2.08 bits per heavy atom. The summed E-state index contributed by atoms with van der Waals surface area (Å²) in [6.07, 6.45) is 0.756. The summed E-state index contributed by atoms with van der Waals surface area (Å²) in [6, 6.07) is 3.25.